The molecule has 0 saturated carbocycles. The number of carbonyl (C=O) groups is 1. The Morgan fingerprint density at radius 2 is 2.04 bits per heavy atom. The van der Waals surface area contributed by atoms with E-state index in [2.05, 4.69) is 28.8 Å². The van der Waals surface area contributed by atoms with Crippen molar-refractivity contribution in [3.05, 3.63) is 47.5 Å². The topological polar surface area (TPSA) is 50.4 Å². The summed E-state index contributed by atoms with van der Waals surface area (Å²) >= 11 is 0. The smallest absolute Gasteiger partial charge is 0.220 e. The number of halogens is 1. The van der Waals surface area contributed by atoms with E-state index in [0.29, 0.717) is 26.2 Å². The first kappa shape index (κ1) is 19.7. The van der Waals surface area contributed by atoms with Crippen LogP contribution in [-0.2, 0) is 16.0 Å². The van der Waals surface area contributed by atoms with E-state index in [1.54, 1.807) is 0 Å². The molecule has 1 aliphatic heterocycles. The molecule has 1 aromatic rings. The SMILES string of the molecule is Cl.O=C(CCCOCCc1ccccc1)NCC1=CCNCC1. The summed E-state index contributed by atoms with van der Waals surface area (Å²) in [4.78, 5) is 11.7. The Kier molecular flexibility index (Phi) is 10.4. The van der Waals surface area contributed by atoms with Crippen LogP contribution >= 0.6 is 12.4 Å². The van der Waals surface area contributed by atoms with Crippen molar-refractivity contribution in [2.24, 2.45) is 0 Å². The van der Waals surface area contributed by atoms with Crippen LogP contribution in [-0.4, -0.2) is 38.8 Å². The molecular weight excluding hydrogens is 312 g/mol. The number of rotatable bonds is 9. The van der Waals surface area contributed by atoms with Gasteiger partial charge >= 0.3 is 0 Å². The van der Waals surface area contributed by atoms with E-state index < -0.39 is 0 Å². The average molecular weight is 339 g/mol. The highest BCUT2D eigenvalue weighted by molar-refractivity contribution is 5.85. The molecular formula is C18H27ClN2O2. The zero-order valence-corrected chi connectivity index (χ0v) is 14.4. The average Bonchev–Trinajstić information content (AvgIpc) is 2.58. The van der Waals surface area contributed by atoms with Gasteiger partial charge in [-0.05, 0) is 31.4 Å². The van der Waals surface area contributed by atoms with E-state index in [-0.39, 0.29) is 18.3 Å². The van der Waals surface area contributed by atoms with Gasteiger partial charge in [0.1, 0.15) is 0 Å². The van der Waals surface area contributed by atoms with E-state index in [9.17, 15) is 4.79 Å². The predicted molar refractivity (Wildman–Crippen MR) is 96.0 cm³/mol. The Labute approximate surface area is 145 Å². The maximum absolute atomic E-state index is 11.7. The van der Waals surface area contributed by atoms with Crippen LogP contribution < -0.4 is 10.6 Å². The largest absolute Gasteiger partial charge is 0.381 e. The lowest BCUT2D eigenvalue weighted by Crippen LogP contribution is -2.29. The van der Waals surface area contributed by atoms with Gasteiger partial charge in [-0.15, -0.1) is 12.4 Å². The van der Waals surface area contributed by atoms with Gasteiger partial charge in [0.2, 0.25) is 5.91 Å². The zero-order chi connectivity index (χ0) is 15.5. The van der Waals surface area contributed by atoms with Crippen LogP contribution in [0, 0.1) is 0 Å². The van der Waals surface area contributed by atoms with Crippen LogP contribution in [0.2, 0.25) is 0 Å². The van der Waals surface area contributed by atoms with Crippen LogP contribution in [0.5, 0.6) is 0 Å². The predicted octanol–water partition coefficient (Wildman–Crippen LogP) is 2.48. The molecule has 0 bridgehead atoms. The Bertz CT molecular complexity index is 477. The molecule has 4 nitrogen and oxygen atoms in total. The molecule has 23 heavy (non-hydrogen) atoms. The summed E-state index contributed by atoms with van der Waals surface area (Å²) in [5.41, 5.74) is 2.61. The number of amides is 1. The maximum atomic E-state index is 11.7. The third kappa shape index (κ3) is 8.74. The molecule has 5 heteroatoms. The molecule has 0 unspecified atom stereocenters. The quantitative estimate of drug-likeness (QED) is 0.537. The summed E-state index contributed by atoms with van der Waals surface area (Å²) in [7, 11) is 0. The molecule has 0 atom stereocenters. The molecule has 1 amide bonds. The van der Waals surface area contributed by atoms with Gasteiger partial charge in [0.15, 0.2) is 0 Å². The van der Waals surface area contributed by atoms with Crippen molar-refractivity contribution in [1.29, 1.82) is 0 Å². The number of benzene rings is 1. The fourth-order valence-corrected chi connectivity index (χ4v) is 2.40. The minimum atomic E-state index is 0. The summed E-state index contributed by atoms with van der Waals surface area (Å²) in [6.07, 6.45) is 5.44. The van der Waals surface area contributed by atoms with Crippen molar-refractivity contribution in [2.45, 2.75) is 25.7 Å². The highest BCUT2D eigenvalue weighted by Gasteiger charge is 2.05. The summed E-state index contributed by atoms with van der Waals surface area (Å²) in [5, 5.41) is 6.24. The second kappa shape index (κ2) is 12.1. The van der Waals surface area contributed by atoms with E-state index in [1.165, 1.54) is 11.1 Å². The Morgan fingerprint density at radius 1 is 1.22 bits per heavy atom. The first-order valence-electron chi connectivity index (χ1n) is 8.11. The third-order valence-corrected chi connectivity index (χ3v) is 3.74. The van der Waals surface area contributed by atoms with Gasteiger partial charge < -0.3 is 15.4 Å². The number of carbonyl (C=O) groups excluding carboxylic acids is 1. The Morgan fingerprint density at radius 3 is 2.78 bits per heavy atom. The molecule has 0 fully saturated rings. The molecule has 2 N–H and O–H groups in total. The highest BCUT2D eigenvalue weighted by atomic mass is 35.5. The fourth-order valence-electron chi connectivity index (χ4n) is 2.40. The monoisotopic (exact) mass is 338 g/mol. The summed E-state index contributed by atoms with van der Waals surface area (Å²) in [6.45, 7) is 3.98. The molecule has 0 saturated heterocycles. The second-order valence-corrected chi connectivity index (χ2v) is 5.54. The van der Waals surface area contributed by atoms with Gasteiger partial charge in [-0.25, -0.2) is 0 Å². The molecule has 0 aliphatic carbocycles. The summed E-state index contributed by atoms with van der Waals surface area (Å²) in [5.74, 6) is 0.117. The minimum absolute atomic E-state index is 0. The number of hydrogen-bond donors (Lipinski definition) is 2. The molecule has 1 heterocycles. The first-order chi connectivity index (χ1) is 10.8. The van der Waals surface area contributed by atoms with Crippen LogP contribution in [0.1, 0.15) is 24.8 Å². The molecule has 2 rings (SSSR count). The van der Waals surface area contributed by atoms with Crippen LogP contribution in [0.3, 0.4) is 0 Å². The van der Waals surface area contributed by atoms with Crippen LogP contribution in [0.25, 0.3) is 0 Å². The van der Waals surface area contributed by atoms with E-state index in [1.807, 2.05) is 18.2 Å². The zero-order valence-electron chi connectivity index (χ0n) is 13.6. The van der Waals surface area contributed by atoms with E-state index in [4.69, 9.17) is 4.74 Å². The van der Waals surface area contributed by atoms with Crippen LogP contribution in [0.4, 0.5) is 0 Å². The lowest BCUT2D eigenvalue weighted by Gasteiger charge is -2.14. The van der Waals surface area contributed by atoms with Crippen molar-refractivity contribution in [3.63, 3.8) is 0 Å². The minimum Gasteiger partial charge on any atom is -0.381 e. The normalized spacial score (nSPS) is 13.8. The molecule has 0 spiro atoms. The Balaban J connectivity index is 0.00000264. The van der Waals surface area contributed by atoms with Gasteiger partial charge in [-0.2, -0.15) is 0 Å². The standard InChI is InChI=1S/C18H26N2O2.ClH/c21-18(20-15-17-8-11-19-12-9-17)7-4-13-22-14-10-16-5-2-1-3-6-16;/h1-3,5-6,8,19H,4,7,9-15H2,(H,20,21);1H. The van der Waals surface area contributed by atoms with Gasteiger partial charge in [0, 0.05) is 26.1 Å². The second-order valence-electron chi connectivity index (χ2n) is 5.54. The fraction of sp³-hybridized carbons (Fsp3) is 0.500. The van der Waals surface area contributed by atoms with Crippen molar-refractivity contribution < 1.29 is 9.53 Å². The Hall–Kier alpha value is -1.36. The molecule has 0 radical (unpaired) electrons. The van der Waals surface area contributed by atoms with Gasteiger partial charge in [-0.3, -0.25) is 4.79 Å². The maximum Gasteiger partial charge on any atom is 0.220 e. The van der Waals surface area contributed by atoms with Crippen molar-refractivity contribution >= 4 is 18.3 Å². The molecule has 1 aliphatic rings. The van der Waals surface area contributed by atoms with Gasteiger partial charge in [0.05, 0.1) is 6.61 Å². The summed E-state index contributed by atoms with van der Waals surface area (Å²) < 4.78 is 5.58. The highest BCUT2D eigenvalue weighted by Crippen LogP contribution is 2.03. The van der Waals surface area contributed by atoms with Crippen molar-refractivity contribution in [3.8, 4) is 0 Å². The van der Waals surface area contributed by atoms with Gasteiger partial charge in [-0.1, -0.05) is 42.0 Å². The van der Waals surface area contributed by atoms with Crippen LogP contribution in [0.15, 0.2) is 42.0 Å². The number of ether oxygens (including phenoxy) is 1. The summed E-state index contributed by atoms with van der Waals surface area (Å²) in [6, 6.07) is 10.3. The number of nitrogens with one attached hydrogen (secondary N) is 2. The lowest BCUT2D eigenvalue weighted by atomic mass is 10.1. The molecule has 0 aromatic heterocycles. The van der Waals surface area contributed by atoms with E-state index >= 15 is 0 Å². The van der Waals surface area contributed by atoms with Crippen molar-refractivity contribution in [2.75, 3.05) is 32.8 Å². The van der Waals surface area contributed by atoms with Crippen molar-refractivity contribution in [1.82, 2.24) is 10.6 Å². The lowest BCUT2D eigenvalue weighted by molar-refractivity contribution is -0.121. The molecule has 128 valence electrons. The molecule has 1 aromatic carbocycles. The first-order valence-corrected chi connectivity index (χ1v) is 8.11. The van der Waals surface area contributed by atoms with E-state index in [0.717, 1.165) is 32.4 Å². The third-order valence-electron chi connectivity index (χ3n) is 3.74. The van der Waals surface area contributed by atoms with Gasteiger partial charge in [0.25, 0.3) is 0 Å². The number of hydrogen-bond acceptors (Lipinski definition) is 3.